The molecule has 76 valence electrons. The Morgan fingerprint density at radius 1 is 1.50 bits per heavy atom. The van der Waals surface area contributed by atoms with Gasteiger partial charge in [-0.2, -0.15) is 5.26 Å². The van der Waals surface area contributed by atoms with Crippen LogP contribution in [0.25, 0.3) is 0 Å². The molecule has 14 heavy (non-hydrogen) atoms. The van der Waals surface area contributed by atoms with Gasteiger partial charge >= 0.3 is 0 Å². The fourth-order valence-electron chi connectivity index (χ4n) is 3.20. The minimum Gasteiger partial charge on any atom is -0.297 e. The van der Waals surface area contributed by atoms with E-state index in [4.69, 9.17) is 5.26 Å². The second-order valence-corrected chi connectivity index (χ2v) is 6.73. The molecular weight excluding hydrogens is 242 g/mol. The number of nitriles is 1. The van der Waals surface area contributed by atoms with Crippen LogP contribution in [0.3, 0.4) is 0 Å². The Kier molecular flexibility index (Phi) is 1.89. The summed E-state index contributed by atoms with van der Waals surface area (Å²) < 4.78 is -0.312. The zero-order valence-corrected chi connectivity index (χ0v) is 10.1. The molecule has 2 fully saturated rings. The summed E-state index contributed by atoms with van der Waals surface area (Å²) in [6, 6.07) is 2.25. The zero-order valence-electron chi connectivity index (χ0n) is 8.56. The molecule has 0 heterocycles. The standard InChI is InChI=1S/C11H14BrNO/c1-9(2)8(14)11(12)4-3-10(9,7-11)5-6-13/h3-5,7H2,1-2H3/t10-,11-/m1/s1. The number of alkyl halides is 1. The van der Waals surface area contributed by atoms with Crippen molar-refractivity contribution < 1.29 is 4.79 Å². The molecule has 0 aliphatic heterocycles. The van der Waals surface area contributed by atoms with Gasteiger partial charge in [0.05, 0.1) is 10.4 Å². The smallest absolute Gasteiger partial charge is 0.155 e. The predicted octanol–water partition coefficient (Wildman–Crippen LogP) is 2.81. The molecular formula is C11H14BrNO. The average molecular weight is 256 g/mol. The lowest BCUT2D eigenvalue weighted by Crippen LogP contribution is -2.42. The van der Waals surface area contributed by atoms with Crippen molar-refractivity contribution in [3.05, 3.63) is 0 Å². The van der Waals surface area contributed by atoms with Gasteiger partial charge in [-0.1, -0.05) is 29.8 Å². The van der Waals surface area contributed by atoms with Gasteiger partial charge in [-0.15, -0.1) is 0 Å². The van der Waals surface area contributed by atoms with Crippen LogP contribution in [0.4, 0.5) is 0 Å². The molecule has 2 saturated carbocycles. The molecule has 2 aliphatic rings. The minimum absolute atomic E-state index is 0.0671. The third-order valence-electron chi connectivity index (χ3n) is 4.34. The van der Waals surface area contributed by atoms with Crippen molar-refractivity contribution in [2.45, 2.75) is 43.9 Å². The average Bonchev–Trinajstić information content (AvgIpc) is 2.50. The first kappa shape index (κ1) is 10.2. The van der Waals surface area contributed by atoms with Crippen molar-refractivity contribution in [3.8, 4) is 6.07 Å². The molecule has 0 amide bonds. The molecule has 0 aromatic carbocycles. The van der Waals surface area contributed by atoms with Gasteiger partial charge in [-0.05, 0) is 24.7 Å². The SMILES string of the molecule is CC1(C)C(=O)[C@@]2(Br)CC[C@@]1(CC#N)C2. The maximum absolute atomic E-state index is 12.1. The molecule has 2 rings (SSSR count). The van der Waals surface area contributed by atoms with Gasteiger partial charge in [0.2, 0.25) is 0 Å². The summed E-state index contributed by atoms with van der Waals surface area (Å²) in [6.45, 7) is 3.99. The number of nitrogens with zero attached hydrogens (tertiary/aromatic N) is 1. The van der Waals surface area contributed by atoms with E-state index in [1.807, 2.05) is 13.8 Å². The molecule has 0 saturated heterocycles. The quantitative estimate of drug-likeness (QED) is 0.677. The van der Waals surface area contributed by atoms with E-state index in [0.29, 0.717) is 12.2 Å². The number of hydrogen-bond acceptors (Lipinski definition) is 2. The molecule has 2 atom stereocenters. The molecule has 0 N–H and O–H groups in total. The van der Waals surface area contributed by atoms with Crippen molar-refractivity contribution >= 4 is 21.7 Å². The topological polar surface area (TPSA) is 40.9 Å². The van der Waals surface area contributed by atoms with Crippen molar-refractivity contribution in [3.63, 3.8) is 0 Å². The van der Waals surface area contributed by atoms with Crippen LogP contribution in [0, 0.1) is 22.2 Å². The molecule has 2 nitrogen and oxygen atoms in total. The van der Waals surface area contributed by atoms with Gasteiger partial charge in [0.15, 0.2) is 5.78 Å². The maximum atomic E-state index is 12.1. The van der Waals surface area contributed by atoms with Crippen molar-refractivity contribution in [2.75, 3.05) is 0 Å². The number of fused-ring (bicyclic) bond motifs is 2. The van der Waals surface area contributed by atoms with Crippen molar-refractivity contribution in [1.82, 2.24) is 0 Å². The fraction of sp³-hybridized carbons (Fsp3) is 0.818. The highest BCUT2D eigenvalue weighted by Crippen LogP contribution is 2.67. The second-order valence-electron chi connectivity index (χ2n) is 5.21. The highest BCUT2D eigenvalue weighted by molar-refractivity contribution is 9.10. The third-order valence-corrected chi connectivity index (χ3v) is 5.37. The van der Waals surface area contributed by atoms with Crippen molar-refractivity contribution in [1.29, 1.82) is 5.26 Å². The number of ketones is 1. The zero-order chi connectivity index (χ0) is 10.6. The van der Waals surface area contributed by atoms with E-state index in [9.17, 15) is 4.79 Å². The van der Waals surface area contributed by atoms with E-state index >= 15 is 0 Å². The second kappa shape index (κ2) is 2.61. The van der Waals surface area contributed by atoms with Gasteiger partial charge in [-0.3, -0.25) is 4.79 Å². The number of carbonyl (C=O) groups is 1. The van der Waals surface area contributed by atoms with Crippen LogP contribution in [-0.4, -0.2) is 10.1 Å². The summed E-state index contributed by atoms with van der Waals surface area (Å²) in [7, 11) is 0. The van der Waals surface area contributed by atoms with Gasteiger partial charge < -0.3 is 0 Å². The maximum Gasteiger partial charge on any atom is 0.155 e. The summed E-state index contributed by atoms with van der Waals surface area (Å²) in [5.41, 5.74) is -0.396. The molecule has 0 spiro atoms. The normalized spacial score (nSPS) is 44.0. The highest BCUT2D eigenvalue weighted by Gasteiger charge is 2.68. The summed E-state index contributed by atoms with van der Waals surface area (Å²) in [5, 5.41) is 8.87. The number of Topliss-reactive ketones (excluding diaryl/α,β-unsaturated/α-hetero) is 1. The minimum atomic E-state index is -0.329. The van der Waals surface area contributed by atoms with Crippen molar-refractivity contribution in [2.24, 2.45) is 10.8 Å². The Morgan fingerprint density at radius 2 is 2.14 bits per heavy atom. The largest absolute Gasteiger partial charge is 0.297 e. The molecule has 0 aromatic heterocycles. The monoisotopic (exact) mass is 255 g/mol. The Balaban J connectivity index is 2.47. The molecule has 0 aromatic rings. The Bertz CT molecular complexity index is 344. The number of halogens is 1. The summed E-state index contributed by atoms with van der Waals surface area (Å²) in [6.07, 6.45) is 3.26. The Labute approximate surface area is 92.8 Å². The lowest BCUT2D eigenvalue weighted by atomic mass is 9.63. The van der Waals surface area contributed by atoms with Gasteiger partial charge in [0.1, 0.15) is 0 Å². The van der Waals surface area contributed by atoms with Crippen LogP contribution in [0.5, 0.6) is 0 Å². The Hall–Kier alpha value is -0.360. The molecule has 2 aliphatic carbocycles. The van der Waals surface area contributed by atoms with Crippen LogP contribution < -0.4 is 0 Å². The van der Waals surface area contributed by atoms with Crippen LogP contribution in [0.2, 0.25) is 0 Å². The van der Waals surface area contributed by atoms with Crippen LogP contribution in [-0.2, 0) is 4.79 Å². The lowest BCUT2D eigenvalue weighted by molar-refractivity contribution is -0.131. The van der Waals surface area contributed by atoms with E-state index in [-0.39, 0.29) is 15.2 Å². The first-order chi connectivity index (χ1) is 6.38. The molecule has 2 bridgehead atoms. The first-order valence-electron chi connectivity index (χ1n) is 4.99. The van der Waals surface area contributed by atoms with Gasteiger partial charge in [0, 0.05) is 11.8 Å². The van der Waals surface area contributed by atoms with Gasteiger partial charge in [-0.25, -0.2) is 0 Å². The molecule has 0 radical (unpaired) electrons. The van der Waals surface area contributed by atoms with Gasteiger partial charge in [0.25, 0.3) is 0 Å². The van der Waals surface area contributed by atoms with E-state index < -0.39 is 0 Å². The summed E-state index contributed by atoms with van der Waals surface area (Å²) in [5.74, 6) is 0.298. The van der Waals surface area contributed by atoms with Crippen LogP contribution >= 0.6 is 15.9 Å². The summed E-state index contributed by atoms with van der Waals surface area (Å²) >= 11 is 3.57. The van der Waals surface area contributed by atoms with E-state index in [1.54, 1.807) is 0 Å². The lowest BCUT2D eigenvalue weighted by Gasteiger charge is -2.39. The van der Waals surface area contributed by atoms with E-state index in [0.717, 1.165) is 19.3 Å². The van der Waals surface area contributed by atoms with Crippen LogP contribution in [0.1, 0.15) is 39.5 Å². The number of rotatable bonds is 1. The molecule has 3 heteroatoms. The van der Waals surface area contributed by atoms with Crippen LogP contribution in [0.15, 0.2) is 0 Å². The number of carbonyl (C=O) groups excluding carboxylic acids is 1. The predicted molar refractivity (Wildman–Crippen MR) is 57.0 cm³/mol. The Morgan fingerprint density at radius 3 is 2.57 bits per heavy atom. The third kappa shape index (κ3) is 0.930. The number of hydrogen-bond donors (Lipinski definition) is 0. The van der Waals surface area contributed by atoms with E-state index in [2.05, 4.69) is 22.0 Å². The first-order valence-corrected chi connectivity index (χ1v) is 5.78. The molecule has 0 unspecified atom stereocenters. The fourth-order valence-corrected chi connectivity index (χ4v) is 4.43. The van der Waals surface area contributed by atoms with E-state index in [1.165, 1.54) is 0 Å². The summed E-state index contributed by atoms with van der Waals surface area (Å²) in [4.78, 5) is 12.1. The highest BCUT2D eigenvalue weighted by atomic mass is 79.9.